The van der Waals surface area contributed by atoms with Crippen molar-refractivity contribution in [3.05, 3.63) is 35.4 Å². The first kappa shape index (κ1) is 12.8. The zero-order chi connectivity index (χ0) is 12.1. The average molecular weight is 227 g/mol. The van der Waals surface area contributed by atoms with E-state index in [4.69, 9.17) is 0 Å². The van der Waals surface area contributed by atoms with Crippen molar-refractivity contribution in [3.8, 4) is 0 Å². The second kappa shape index (κ2) is 5.70. The fourth-order valence-electron chi connectivity index (χ4n) is 1.26. The third-order valence-electron chi connectivity index (χ3n) is 2.11. The molecule has 0 saturated carbocycles. The SMILES string of the molecule is CC(C)NCC(=O)Cc1ccc(F)cc1F. The minimum Gasteiger partial charge on any atom is -0.308 e. The zero-order valence-electron chi connectivity index (χ0n) is 9.39. The lowest BCUT2D eigenvalue weighted by Gasteiger charge is -2.07. The second-order valence-corrected chi connectivity index (χ2v) is 3.99. The Morgan fingerprint density at radius 3 is 2.62 bits per heavy atom. The van der Waals surface area contributed by atoms with E-state index in [-0.39, 0.29) is 30.4 Å². The first-order valence-electron chi connectivity index (χ1n) is 5.18. The fraction of sp³-hybridized carbons (Fsp3) is 0.417. The van der Waals surface area contributed by atoms with Gasteiger partial charge in [-0.1, -0.05) is 19.9 Å². The lowest BCUT2D eigenvalue weighted by Crippen LogP contribution is -2.30. The molecule has 2 nitrogen and oxygen atoms in total. The van der Waals surface area contributed by atoms with Crippen LogP contribution in [0.5, 0.6) is 0 Å². The van der Waals surface area contributed by atoms with Gasteiger partial charge >= 0.3 is 0 Å². The topological polar surface area (TPSA) is 29.1 Å². The summed E-state index contributed by atoms with van der Waals surface area (Å²) in [6.45, 7) is 4.05. The molecule has 0 aliphatic heterocycles. The van der Waals surface area contributed by atoms with Crippen LogP contribution in [0.4, 0.5) is 8.78 Å². The summed E-state index contributed by atoms with van der Waals surface area (Å²) >= 11 is 0. The van der Waals surface area contributed by atoms with Crippen LogP contribution in [0.2, 0.25) is 0 Å². The minimum absolute atomic E-state index is 0.00810. The Morgan fingerprint density at radius 2 is 2.06 bits per heavy atom. The molecule has 0 atom stereocenters. The summed E-state index contributed by atoms with van der Waals surface area (Å²) in [5.74, 6) is -1.41. The summed E-state index contributed by atoms with van der Waals surface area (Å²) in [4.78, 5) is 11.4. The molecule has 1 aromatic carbocycles. The van der Waals surface area contributed by atoms with Crippen molar-refractivity contribution in [1.82, 2.24) is 5.32 Å². The number of nitrogens with one attached hydrogen (secondary N) is 1. The van der Waals surface area contributed by atoms with E-state index in [9.17, 15) is 13.6 Å². The number of carbonyl (C=O) groups excluding carboxylic acids is 1. The lowest BCUT2D eigenvalue weighted by molar-refractivity contribution is -0.117. The highest BCUT2D eigenvalue weighted by molar-refractivity contribution is 5.82. The first-order valence-corrected chi connectivity index (χ1v) is 5.18. The van der Waals surface area contributed by atoms with Crippen molar-refractivity contribution in [2.45, 2.75) is 26.3 Å². The Labute approximate surface area is 93.7 Å². The third-order valence-corrected chi connectivity index (χ3v) is 2.11. The van der Waals surface area contributed by atoms with Gasteiger partial charge in [0, 0.05) is 18.5 Å². The van der Waals surface area contributed by atoms with Crippen LogP contribution < -0.4 is 5.32 Å². The molecule has 88 valence electrons. The van der Waals surface area contributed by atoms with E-state index in [1.165, 1.54) is 6.07 Å². The van der Waals surface area contributed by atoms with Crippen molar-refractivity contribution in [3.63, 3.8) is 0 Å². The van der Waals surface area contributed by atoms with Gasteiger partial charge in [-0.3, -0.25) is 4.79 Å². The van der Waals surface area contributed by atoms with Gasteiger partial charge in [0.1, 0.15) is 11.6 Å². The monoisotopic (exact) mass is 227 g/mol. The van der Waals surface area contributed by atoms with Gasteiger partial charge in [-0.2, -0.15) is 0 Å². The van der Waals surface area contributed by atoms with Gasteiger partial charge in [0.25, 0.3) is 0 Å². The number of benzene rings is 1. The predicted molar refractivity (Wildman–Crippen MR) is 58.2 cm³/mol. The van der Waals surface area contributed by atoms with Gasteiger partial charge in [0.2, 0.25) is 0 Å². The molecule has 0 aliphatic rings. The van der Waals surface area contributed by atoms with Crippen LogP contribution in [-0.4, -0.2) is 18.4 Å². The van der Waals surface area contributed by atoms with E-state index in [0.29, 0.717) is 0 Å². The Bertz CT molecular complexity index is 377. The molecule has 0 saturated heterocycles. The van der Waals surface area contributed by atoms with E-state index in [2.05, 4.69) is 5.32 Å². The van der Waals surface area contributed by atoms with Crippen molar-refractivity contribution < 1.29 is 13.6 Å². The molecule has 0 aliphatic carbocycles. The smallest absolute Gasteiger partial charge is 0.151 e. The summed E-state index contributed by atoms with van der Waals surface area (Å²) in [7, 11) is 0. The van der Waals surface area contributed by atoms with Crippen LogP contribution in [-0.2, 0) is 11.2 Å². The van der Waals surface area contributed by atoms with Crippen LogP contribution in [0.1, 0.15) is 19.4 Å². The molecule has 0 fully saturated rings. The van der Waals surface area contributed by atoms with Crippen molar-refractivity contribution in [2.24, 2.45) is 0 Å². The standard InChI is InChI=1S/C12H15F2NO/c1-8(2)15-7-11(16)5-9-3-4-10(13)6-12(9)14/h3-4,6,8,15H,5,7H2,1-2H3. The number of halogens is 2. The summed E-state index contributed by atoms with van der Waals surface area (Å²) in [5.41, 5.74) is 0.233. The minimum atomic E-state index is -0.669. The van der Waals surface area contributed by atoms with E-state index in [1.807, 2.05) is 13.8 Å². The number of ketones is 1. The molecule has 0 radical (unpaired) electrons. The molecule has 0 bridgehead atoms. The Kier molecular flexibility index (Phi) is 4.55. The average Bonchev–Trinajstić information content (AvgIpc) is 2.19. The predicted octanol–water partition coefficient (Wildman–Crippen LogP) is 2.07. The molecule has 1 aromatic rings. The highest BCUT2D eigenvalue weighted by Gasteiger charge is 2.09. The zero-order valence-corrected chi connectivity index (χ0v) is 9.39. The number of hydrogen-bond acceptors (Lipinski definition) is 2. The van der Waals surface area contributed by atoms with E-state index < -0.39 is 11.6 Å². The van der Waals surface area contributed by atoms with Crippen LogP contribution in [0, 0.1) is 11.6 Å². The Hall–Kier alpha value is -1.29. The molecule has 0 heterocycles. The summed E-state index contributed by atoms with van der Waals surface area (Å²) in [6, 6.07) is 3.46. The molecular weight excluding hydrogens is 212 g/mol. The molecule has 0 aromatic heterocycles. The maximum atomic E-state index is 13.2. The van der Waals surface area contributed by atoms with Gasteiger partial charge in [0.05, 0.1) is 6.54 Å². The molecule has 16 heavy (non-hydrogen) atoms. The maximum absolute atomic E-state index is 13.2. The summed E-state index contributed by atoms with van der Waals surface area (Å²) < 4.78 is 25.8. The van der Waals surface area contributed by atoms with Gasteiger partial charge in [-0.25, -0.2) is 8.78 Å². The van der Waals surface area contributed by atoms with Crippen molar-refractivity contribution in [1.29, 1.82) is 0 Å². The number of hydrogen-bond donors (Lipinski definition) is 1. The van der Waals surface area contributed by atoms with Gasteiger partial charge in [0.15, 0.2) is 5.78 Å². The van der Waals surface area contributed by atoms with Crippen molar-refractivity contribution in [2.75, 3.05) is 6.54 Å². The number of carbonyl (C=O) groups is 1. The van der Waals surface area contributed by atoms with Crippen LogP contribution in [0.15, 0.2) is 18.2 Å². The van der Waals surface area contributed by atoms with E-state index in [1.54, 1.807) is 0 Å². The fourth-order valence-corrected chi connectivity index (χ4v) is 1.26. The number of Topliss-reactive ketones (excluding diaryl/α,β-unsaturated/α-hetero) is 1. The molecule has 4 heteroatoms. The molecular formula is C12H15F2NO. The highest BCUT2D eigenvalue weighted by Crippen LogP contribution is 2.10. The quantitative estimate of drug-likeness (QED) is 0.834. The molecule has 0 spiro atoms. The van der Waals surface area contributed by atoms with Crippen LogP contribution in [0.3, 0.4) is 0 Å². The van der Waals surface area contributed by atoms with Gasteiger partial charge < -0.3 is 5.32 Å². The number of rotatable bonds is 5. The summed E-state index contributed by atoms with van der Waals surface area (Å²) in [6.07, 6.45) is -0.00810. The van der Waals surface area contributed by atoms with Crippen LogP contribution in [0.25, 0.3) is 0 Å². The van der Waals surface area contributed by atoms with E-state index in [0.717, 1.165) is 12.1 Å². The first-order chi connectivity index (χ1) is 7.49. The third kappa shape index (κ3) is 4.06. The maximum Gasteiger partial charge on any atom is 0.151 e. The molecule has 1 rings (SSSR count). The molecule has 0 amide bonds. The Balaban J connectivity index is 2.56. The summed E-state index contributed by atoms with van der Waals surface area (Å²) in [5, 5.41) is 2.95. The van der Waals surface area contributed by atoms with Crippen molar-refractivity contribution >= 4 is 5.78 Å². The van der Waals surface area contributed by atoms with Gasteiger partial charge in [-0.15, -0.1) is 0 Å². The lowest BCUT2D eigenvalue weighted by atomic mass is 10.1. The van der Waals surface area contributed by atoms with E-state index >= 15 is 0 Å². The molecule has 1 N–H and O–H groups in total. The normalized spacial score (nSPS) is 10.8. The second-order valence-electron chi connectivity index (χ2n) is 3.99. The van der Waals surface area contributed by atoms with Gasteiger partial charge in [-0.05, 0) is 11.6 Å². The highest BCUT2D eigenvalue weighted by atomic mass is 19.1. The Morgan fingerprint density at radius 1 is 1.38 bits per heavy atom. The van der Waals surface area contributed by atoms with Crippen LogP contribution >= 0.6 is 0 Å². The molecule has 0 unspecified atom stereocenters. The largest absolute Gasteiger partial charge is 0.308 e.